The molecular weight excluding hydrogens is 148 g/mol. The normalized spacial score (nSPS) is 10.2. The molecule has 0 fully saturated rings. The van der Waals surface area contributed by atoms with Gasteiger partial charge in [-0.15, -0.1) is 11.6 Å². The second-order valence-corrected chi connectivity index (χ2v) is 2.62. The minimum Gasteiger partial charge on any atom is -0.273 e. The van der Waals surface area contributed by atoms with Crippen LogP contribution in [0, 0.1) is 0 Å². The summed E-state index contributed by atoms with van der Waals surface area (Å²) in [6.45, 7) is 0. The Hall–Kier alpha value is -0.500. The van der Waals surface area contributed by atoms with Gasteiger partial charge >= 0.3 is 0 Å². The standard InChI is InChI=1S/C7H11ClN2/c1-10-7(3-2-5-8)4-6-9-10/h4,6H,2-3,5H2,1H3. The molecule has 0 bridgehead atoms. The van der Waals surface area contributed by atoms with Gasteiger partial charge in [-0.2, -0.15) is 5.10 Å². The highest BCUT2D eigenvalue weighted by Gasteiger charge is 1.95. The number of aromatic nitrogens is 2. The molecular formula is C7H11ClN2. The zero-order chi connectivity index (χ0) is 7.40. The lowest BCUT2D eigenvalue weighted by atomic mass is 10.2. The van der Waals surface area contributed by atoms with Crippen molar-refractivity contribution in [3.05, 3.63) is 18.0 Å². The molecule has 1 heterocycles. The van der Waals surface area contributed by atoms with E-state index in [0.717, 1.165) is 18.7 Å². The molecule has 1 aromatic rings. The highest BCUT2D eigenvalue weighted by molar-refractivity contribution is 6.17. The van der Waals surface area contributed by atoms with E-state index < -0.39 is 0 Å². The van der Waals surface area contributed by atoms with Crippen molar-refractivity contribution >= 4 is 11.6 Å². The Morgan fingerprint density at radius 1 is 1.70 bits per heavy atom. The lowest BCUT2D eigenvalue weighted by Crippen LogP contribution is -1.97. The number of aryl methyl sites for hydroxylation is 2. The van der Waals surface area contributed by atoms with Crippen LogP contribution in [-0.4, -0.2) is 15.7 Å². The number of hydrogen-bond acceptors (Lipinski definition) is 1. The van der Waals surface area contributed by atoms with Crippen molar-refractivity contribution in [3.8, 4) is 0 Å². The molecule has 0 aromatic carbocycles. The number of nitrogens with zero attached hydrogens (tertiary/aromatic N) is 2. The summed E-state index contributed by atoms with van der Waals surface area (Å²) in [6, 6.07) is 2.02. The summed E-state index contributed by atoms with van der Waals surface area (Å²) in [5.74, 6) is 0.727. The van der Waals surface area contributed by atoms with Crippen LogP contribution in [0.3, 0.4) is 0 Å². The highest BCUT2D eigenvalue weighted by atomic mass is 35.5. The molecule has 0 aliphatic heterocycles. The monoisotopic (exact) mass is 158 g/mol. The molecule has 2 nitrogen and oxygen atoms in total. The number of rotatable bonds is 3. The van der Waals surface area contributed by atoms with Gasteiger partial charge in [-0.25, -0.2) is 0 Å². The van der Waals surface area contributed by atoms with Gasteiger partial charge in [-0.05, 0) is 18.9 Å². The molecule has 0 atom stereocenters. The SMILES string of the molecule is Cn1nccc1CCCCl. The van der Waals surface area contributed by atoms with Gasteiger partial charge in [-0.3, -0.25) is 4.68 Å². The van der Waals surface area contributed by atoms with Gasteiger partial charge in [-0.1, -0.05) is 0 Å². The van der Waals surface area contributed by atoms with Gasteiger partial charge in [0.15, 0.2) is 0 Å². The van der Waals surface area contributed by atoms with Crippen LogP contribution in [0.2, 0.25) is 0 Å². The lowest BCUT2D eigenvalue weighted by Gasteiger charge is -1.97. The van der Waals surface area contributed by atoms with Crippen molar-refractivity contribution in [2.75, 3.05) is 5.88 Å². The molecule has 0 saturated heterocycles. The van der Waals surface area contributed by atoms with E-state index in [-0.39, 0.29) is 0 Å². The van der Waals surface area contributed by atoms with Gasteiger partial charge < -0.3 is 0 Å². The van der Waals surface area contributed by atoms with E-state index in [1.54, 1.807) is 0 Å². The van der Waals surface area contributed by atoms with Crippen molar-refractivity contribution in [2.24, 2.45) is 7.05 Å². The van der Waals surface area contributed by atoms with Crippen LogP contribution in [0.25, 0.3) is 0 Å². The number of halogens is 1. The molecule has 1 rings (SSSR count). The minimum absolute atomic E-state index is 0.727. The Morgan fingerprint density at radius 2 is 2.50 bits per heavy atom. The average molecular weight is 159 g/mol. The van der Waals surface area contributed by atoms with Crippen LogP contribution in [0.4, 0.5) is 0 Å². The third-order valence-corrected chi connectivity index (χ3v) is 1.76. The van der Waals surface area contributed by atoms with Crippen LogP contribution in [0.1, 0.15) is 12.1 Å². The number of alkyl halides is 1. The van der Waals surface area contributed by atoms with E-state index in [1.165, 1.54) is 5.69 Å². The minimum atomic E-state index is 0.727. The van der Waals surface area contributed by atoms with E-state index in [2.05, 4.69) is 5.10 Å². The van der Waals surface area contributed by atoms with Gasteiger partial charge in [0.1, 0.15) is 0 Å². The number of hydrogen-bond donors (Lipinski definition) is 0. The predicted octanol–water partition coefficient (Wildman–Crippen LogP) is 1.59. The third-order valence-electron chi connectivity index (χ3n) is 1.49. The molecule has 3 heteroatoms. The fourth-order valence-corrected chi connectivity index (χ4v) is 1.03. The van der Waals surface area contributed by atoms with E-state index in [0.29, 0.717) is 0 Å². The quantitative estimate of drug-likeness (QED) is 0.611. The Labute approximate surface area is 65.8 Å². The van der Waals surface area contributed by atoms with Gasteiger partial charge in [0.2, 0.25) is 0 Å². The van der Waals surface area contributed by atoms with Crippen LogP contribution in [-0.2, 0) is 13.5 Å². The first-order chi connectivity index (χ1) is 4.84. The first-order valence-corrected chi connectivity index (χ1v) is 3.91. The first kappa shape index (κ1) is 7.61. The molecule has 0 aliphatic carbocycles. The molecule has 0 saturated carbocycles. The average Bonchev–Trinajstić information content (AvgIpc) is 2.31. The molecule has 0 amide bonds. The van der Waals surface area contributed by atoms with Crippen molar-refractivity contribution in [3.63, 3.8) is 0 Å². The maximum atomic E-state index is 5.54. The van der Waals surface area contributed by atoms with Crippen LogP contribution >= 0.6 is 11.6 Å². The second-order valence-electron chi connectivity index (χ2n) is 2.24. The third kappa shape index (κ3) is 1.74. The molecule has 0 N–H and O–H groups in total. The molecule has 0 spiro atoms. The molecule has 10 heavy (non-hydrogen) atoms. The molecule has 1 aromatic heterocycles. The van der Waals surface area contributed by atoms with Crippen LogP contribution in [0.5, 0.6) is 0 Å². The summed E-state index contributed by atoms with van der Waals surface area (Å²) in [6.07, 6.45) is 3.87. The molecule has 0 unspecified atom stereocenters. The van der Waals surface area contributed by atoms with Crippen LogP contribution < -0.4 is 0 Å². The van der Waals surface area contributed by atoms with Crippen molar-refractivity contribution < 1.29 is 0 Å². The maximum absolute atomic E-state index is 5.54. The largest absolute Gasteiger partial charge is 0.273 e. The summed E-state index contributed by atoms with van der Waals surface area (Å²) in [4.78, 5) is 0. The van der Waals surface area contributed by atoms with Crippen LogP contribution in [0.15, 0.2) is 12.3 Å². The van der Waals surface area contributed by atoms with Crippen molar-refractivity contribution in [1.82, 2.24) is 9.78 Å². The molecule has 0 aliphatic rings. The van der Waals surface area contributed by atoms with Gasteiger partial charge in [0.25, 0.3) is 0 Å². The van der Waals surface area contributed by atoms with Crippen molar-refractivity contribution in [2.45, 2.75) is 12.8 Å². The maximum Gasteiger partial charge on any atom is 0.0492 e. The Bertz CT molecular complexity index is 195. The fourth-order valence-electron chi connectivity index (χ4n) is 0.894. The first-order valence-electron chi connectivity index (χ1n) is 3.37. The lowest BCUT2D eigenvalue weighted by molar-refractivity contribution is 0.699. The highest BCUT2D eigenvalue weighted by Crippen LogP contribution is 2.00. The summed E-state index contributed by atoms with van der Waals surface area (Å²) in [5, 5.41) is 4.04. The topological polar surface area (TPSA) is 17.8 Å². The molecule has 56 valence electrons. The Morgan fingerprint density at radius 3 is 3.00 bits per heavy atom. The zero-order valence-electron chi connectivity index (χ0n) is 6.05. The smallest absolute Gasteiger partial charge is 0.0492 e. The van der Waals surface area contributed by atoms with E-state index in [4.69, 9.17) is 11.6 Å². The zero-order valence-corrected chi connectivity index (χ0v) is 6.80. The molecule has 0 radical (unpaired) electrons. The van der Waals surface area contributed by atoms with Gasteiger partial charge in [0, 0.05) is 24.8 Å². The summed E-state index contributed by atoms with van der Waals surface area (Å²) in [5.41, 5.74) is 1.25. The summed E-state index contributed by atoms with van der Waals surface area (Å²) >= 11 is 5.54. The predicted molar refractivity (Wildman–Crippen MR) is 42.2 cm³/mol. The van der Waals surface area contributed by atoms with Crippen molar-refractivity contribution in [1.29, 1.82) is 0 Å². The fraction of sp³-hybridized carbons (Fsp3) is 0.571. The summed E-state index contributed by atoms with van der Waals surface area (Å²) < 4.78 is 1.88. The Balaban J connectivity index is 2.49. The van der Waals surface area contributed by atoms with Gasteiger partial charge in [0.05, 0.1) is 0 Å². The van der Waals surface area contributed by atoms with E-state index >= 15 is 0 Å². The van der Waals surface area contributed by atoms with E-state index in [9.17, 15) is 0 Å². The second kappa shape index (κ2) is 3.62. The van der Waals surface area contributed by atoms with E-state index in [1.807, 2.05) is 24.0 Å². The Kier molecular flexibility index (Phi) is 2.75. The summed E-state index contributed by atoms with van der Waals surface area (Å²) in [7, 11) is 1.95.